The fraction of sp³-hybridized carbons (Fsp3) is 0.0526. The number of fused-ring (bicyclic) bond motifs is 12. The van der Waals surface area contributed by atoms with E-state index >= 15 is 0 Å². The van der Waals surface area contributed by atoms with Crippen LogP contribution in [-0.4, -0.2) is 14.1 Å². The van der Waals surface area contributed by atoms with Gasteiger partial charge in [0, 0.05) is 49.6 Å². The average Bonchev–Trinajstić information content (AvgIpc) is 4.09. The standard InChI is InChI=1S/C57H36N4O2/c58-34-36-21-26-50-45(31-36)41-11-1-4-15-48(41)60(50)40-25-28-54-47(33-40)55-56(62-54)38(29-30-59-55)10-7-9-35-19-22-37(23-20-35)39-24-27-51-46(32-39)42-12-2-5-16-49(42)61(51)52-17-8-14-44-43-13-3-6-18-53(43)63-57(44)52/h1-6,8,11-33H,7,9-10H2. The lowest BCUT2D eigenvalue weighted by molar-refractivity contribution is 0.658. The van der Waals surface area contributed by atoms with Crippen molar-refractivity contribution in [3.63, 3.8) is 0 Å². The summed E-state index contributed by atoms with van der Waals surface area (Å²) in [7, 11) is 0. The van der Waals surface area contributed by atoms with E-state index in [1.165, 1.54) is 33.0 Å². The summed E-state index contributed by atoms with van der Waals surface area (Å²) >= 11 is 0. The van der Waals surface area contributed by atoms with Crippen LogP contribution in [0.5, 0.6) is 0 Å². The van der Waals surface area contributed by atoms with Gasteiger partial charge in [0.05, 0.1) is 39.4 Å². The van der Waals surface area contributed by atoms with Crippen LogP contribution in [0.3, 0.4) is 0 Å². The third-order valence-corrected chi connectivity index (χ3v) is 13.0. The lowest BCUT2D eigenvalue weighted by Crippen LogP contribution is -1.94. The first-order valence-electron chi connectivity index (χ1n) is 21.5. The molecule has 0 saturated carbocycles. The number of pyridine rings is 1. The van der Waals surface area contributed by atoms with E-state index < -0.39 is 0 Å². The van der Waals surface area contributed by atoms with E-state index in [4.69, 9.17) is 13.8 Å². The predicted octanol–water partition coefficient (Wildman–Crippen LogP) is 14.8. The number of aromatic nitrogens is 3. The van der Waals surface area contributed by atoms with Crippen molar-refractivity contribution in [3.05, 3.63) is 199 Å². The maximum atomic E-state index is 9.61. The second kappa shape index (κ2) is 13.8. The lowest BCUT2D eigenvalue weighted by atomic mass is 9.99. The van der Waals surface area contributed by atoms with E-state index in [2.05, 4.69) is 155 Å². The van der Waals surface area contributed by atoms with Crippen LogP contribution in [0.4, 0.5) is 0 Å². The third-order valence-electron chi connectivity index (χ3n) is 13.0. The van der Waals surface area contributed by atoms with Gasteiger partial charge in [0.25, 0.3) is 0 Å². The minimum atomic E-state index is 0.652. The Balaban J connectivity index is 0.774. The Kier molecular flexibility index (Phi) is 7.76. The molecule has 0 spiro atoms. The molecule has 8 aromatic carbocycles. The summed E-state index contributed by atoms with van der Waals surface area (Å²) in [6.45, 7) is 0. The number of hydrogen-bond donors (Lipinski definition) is 0. The molecule has 13 aromatic rings. The Hall–Kier alpha value is -8.40. The molecule has 0 saturated heterocycles. The highest BCUT2D eigenvalue weighted by Crippen LogP contribution is 2.40. The van der Waals surface area contributed by atoms with Crippen LogP contribution in [0.15, 0.2) is 191 Å². The Bertz CT molecular complexity index is 4020. The van der Waals surface area contributed by atoms with Crippen molar-refractivity contribution in [2.45, 2.75) is 19.3 Å². The predicted molar refractivity (Wildman–Crippen MR) is 256 cm³/mol. The lowest BCUT2D eigenvalue weighted by Gasteiger charge is -2.09. The van der Waals surface area contributed by atoms with Crippen molar-refractivity contribution in [2.75, 3.05) is 0 Å². The zero-order valence-electron chi connectivity index (χ0n) is 34.0. The van der Waals surface area contributed by atoms with Crippen molar-refractivity contribution < 1.29 is 8.83 Å². The SMILES string of the molecule is N#Cc1ccc2c(c1)c1ccccc1n2-c1ccc2oc3c(CCCc4ccc(-c5ccc6c(c5)c5ccccc5n6-c5cccc6c5oc5ccccc56)cc4)ccnc3c2c1. The molecule has 0 bridgehead atoms. The second-order valence-electron chi connectivity index (χ2n) is 16.5. The van der Waals surface area contributed by atoms with E-state index in [-0.39, 0.29) is 0 Å². The van der Waals surface area contributed by atoms with E-state index in [1.54, 1.807) is 0 Å². The number of aryl methyl sites for hydroxylation is 2. The van der Waals surface area contributed by atoms with Gasteiger partial charge >= 0.3 is 0 Å². The highest BCUT2D eigenvalue weighted by Gasteiger charge is 2.19. The molecule has 0 aliphatic heterocycles. The van der Waals surface area contributed by atoms with Crippen molar-refractivity contribution in [1.29, 1.82) is 5.26 Å². The molecule has 0 aliphatic rings. The van der Waals surface area contributed by atoms with Gasteiger partial charge in [0.15, 0.2) is 11.2 Å². The van der Waals surface area contributed by atoms with Crippen molar-refractivity contribution in [3.8, 4) is 28.6 Å². The fourth-order valence-corrected chi connectivity index (χ4v) is 10.0. The number of para-hydroxylation sites is 4. The summed E-state index contributed by atoms with van der Waals surface area (Å²) < 4.78 is 17.6. The largest absolute Gasteiger partial charge is 0.454 e. The molecule has 0 amide bonds. The summed E-state index contributed by atoms with van der Waals surface area (Å²) in [5.74, 6) is 0. The molecule has 0 atom stereocenters. The topological polar surface area (TPSA) is 72.8 Å². The fourth-order valence-electron chi connectivity index (χ4n) is 10.0. The first-order valence-corrected chi connectivity index (χ1v) is 21.5. The van der Waals surface area contributed by atoms with Gasteiger partial charge < -0.3 is 18.0 Å². The summed E-state index contributed by atoms with van der Waals surface area (Å²) in [5.41, 5.74) is 16.4. The molecule has 0 N–H and O–H groups in total. The maximum absolute atomic E-state index is 9.61. The molecule has 0 radical (unpaired) electrons. The molecular formula is C57H36N4O2. The van der Waals surface area contributed by atoms with Gasteiger partial charge in [-0.2, -0.15) is 5.26 Å². The number of benzene rings is 8. The number of hydrogen-bond acceptors (Lipinski definition) is 4. The van der Waals surface area contributed by atoms with Crippen molar-refractivity contribution in [2.24, 2.45) is 0 Å². The van der Waals surface area contributed by atoms with Gasteiger partial charge in [0.2, 0.25) is 0 Å². The van der Waals surface area contributed by atoms with Crippen LogP contribution in [0.1, 0.15) is 23.1 Å². The summed E-state index contributed by atoms with van der Waals surface area (Å²) in [4.78, 5) is 4.83. The monoisotopic (exact) mass is 808 g/mol. The van der Waals surface area contributed by atoms with Gasteiger partial charge in [-0.3, -0.25) is 4.98 Å². The molecule has 296 valence electrons. The summed E-state index contributed by atoms with van der Waals surface area (Å²) in [6, 6.07) is 64.3. The van der Waals surface area contributed by atoms with E-state index in [9.17, 15) is 5.26 Å². The van der Waals surface area contributed by atoms with Gasteiger partial charge in [-0.25, -0.2) is 0 Å². The minimum absolute atomic E-state index is 0.652. The number of nitriles is 1. The second-order valence-corrected chi connectivity index (χ2v) is 16.5. The number of nitrogens with zero attached hydrogens (tertiary/aromatic N) is 4. The quantitative estimate of drug-likeness (QED) is 0.161. The summed E-state index contributed by atoms with van der Waals surface area (Å²) in [5, 5.41) is 17.5. The first-order chi connectivity index (χ1) is 31.2. The molecule has 13 rings (SSSR count). The number of furan rings is 2. The molecule has 0 aliphatic carbocycles. The van der Waals surface area contributed by atoms with Crippen LogP contribution < -0.4 is 0 Å². The number of rotatable bonds is 7. The third kappa shape index (κ3) is 5.46. The molecular weight excluding hydrogens is 773 g/mol. The van der Waals surface area contributed by atoms with Crippen LogP contribution in [0, 0.1) is 11.3 Å². The van der Waals surface area contributed by atoms with E-state index in [0.29, 0.717) is 5.56 Å². The smallest absolute Gasteiger partial charge is 0.159 e. The van der Waals surface area contributed by atoms with E-state index in [1.807, 2.05) is 42.6 Å². The van der Waals surface area contributed by atoms with Crippen LogP contribution in [0.25, 0.3) is 110 Å². The minimum Gasteiger partial charge on any atom is -0.454 e. The normalized spacial score (nSPS) is 12.0. The molecule has 0 fully saturated rings. The van der Waals surface area contributed by atoms with Gasteiger partial charge in [-0.15, -0.1) is 0 Å². The Labute approximate surface area is 361 Å². The Morgan fingerprint density at radius 1 is 0.476 bits per heavy atom. The molecule has 5 aromatic heterocycles. The molecule has 5 heterocycles. The molecule has 63 heavy (non-hydrogen) atoms. The molecule has 0 unspecified atom stereocenters. The van der Waals surface area contributed by atoms with Gasteiger partial charge in [-0.1, -0.05) is 97.1 Å². The molecule has 6 nitrogen and oxygen atoms in total. The van der Waals surface area contributed by atoms with Gasteiger partial charge in [0.1, 0.15) is 16.7 Å². The first kappa shape index (κ1) is 35.4. The average molecular weight is 809 g/mol. The Morgan fingerprint density at radius 3 is 1.98 bits per heavy atom. The van der Waals surface area contributed by atoms with E-state index in [0.717, 1.165) is 107 Å². The van der Waals surface area contributed by atoms with Crippen LogP contribution >= 0.6 is 0 Å². The molecule has 6 heteroatoms. The van der Waals surface area contributed by atoms with Crippen LogP contribution in [-0.2, 0) is 12.8 Å². The zero-order chi connectivity index (χ0) is 41.6. The van der Waals surface area contributed by atoms with Crippen molar-refractivity contribution >= 4 is 87.6 Å². The summed E-state index contributed by atoms with van der Waals surface area (Å²) in [6.07, 6.45) is 4.72. The van der Waals surface area contributed by atoms with Crippen LogP contribution in [0.2, 0.25) is 0 Å². The van der Waals surface area contributed by atoms with Crippen molar-refractivity contribution in [1.82, 2.24) is 14.1 Å². The highest BCUT2D eigenvalue weighted by atomic mass is 16.3. The zero-order valence-corrected chi connectivity index (χ0v) is 34.0. The van der Waals surface area contributed by atoms with Gasteiger partial charge in [-0.05, 0) is 120 Å². The maximum Gasteiger partial charge on any atom is 0.159 e. The highest BCUT2D eigenvalue weighted by molar-refractivity contribution is 6.14. The Morgan fingerprint density at radius 2 is 1.14 bits per heavy atom.